The number of amides is 1. The number of phenols is 1. The number of aromatic nitrogens is 2. The molecule has 2 aliphatic heterocycles. The molecular formula is C22H22N6O2S. The fourth-order valence-corrected chi connectivity index (χ4v) is 4.70. The largest absolute Gasteiger partial charge is 0.508 e. The monoisotopic (exact) mass is 434 g/mol. The molecule has 1 aromatic carbocycles. The van der Waals surface area contributed by atoms with Crippen LogP contribution in [0.1, 0.15) is 21.6 Å². The first-order valence-corrected chi connectivity index (χ1v) is 10.9. The number of hydrogen-bond donors (Lipinski definition) is 3. The smallest absolute Gasteiger partial charge is 0.260 e. The van der Waals surface area contributed by atoms with E-state index in [1.165, 1.54) is 17.4 Å². The van der Waals surface area contributed by atoms with Gasteiger partial charge in [0, 0.05) is 43.3 Å². The van der Waals surface area contributed by atoms with Crippen molar-refractivity contribution < 1.29 is 9.90 Å². The number of anilines is 3. The van der Waals surface area contributed by atoms with Gasteiger partial charge in [-0.05, 0) is 23.8 Å². The molecule has 2 aliphatic rings. The van der Waals surface area contributed by atoms with E-state index in [-0.39, 0.29) is 11.7 Å². The third-order valence-corrected chi connectivity index (χ3v) is 6.33. The standard InChI is InChI=1S/C22H22N6O2S/c1-14(25-18-11-24-5-4-20(18)27-8-6-23-7-9-27)19-13-31-22(26-19)28-12-15-2-3-16(29)10-17(15)21(28)30/h2-5,10-11,13,23,25,29H,1,6-9,12H2. The Morgan fingerprint density at radius 3 is 2.94 bits per heavy atom. The molecule has 2 aromatic heterocycles. The second kappa shape index (κ2) is 8.01. The van der Waals surface area contributed by atoms with Gasteiger partial charge in [0.1, 0.15) is 5.75 Å². The Bertz CT molecular complexity index is 1150. The van der Waals surface area contributed by atoms with Gasteiger partial charge in [0.25, 0.3) is 5.91 Å². The van der Waals surface area contributed by atoms with Crippen LogP contribution in [-0.4, -0.2) is 47.2 Å². The number of rotatable bonds is 5. The van der Waals surface area contributed by atoms with Crippen molar-refractivity contribution in [1.82, 2.24) is 15.3 Å². The Morgan fingerprint density at radius 1 is 1.26 bits per heavy atom. The minimum absolute atomic E-state index is 0.0862. The molecule has 1 saturated heterocycles. The van der Waals surface area contributed by atoms with E-state index < -0.39 is 0 Å². The summed E-state index contributed by atoms with van der Waals surface area (Å²) in [5.74, 6) is -0.0678. The van der Waals surface area contributed by atoms with Crippen LogP contribution in [0, 0.1) is 0 Å². The zero-order valence-electron chi connectivity index (χ0n) is 16.8. The maximum absolute atomic E-state index is 12.8. The molecule has 3 N–H and O–H groups in total. The molecule has 158 valence electrons. The molecule has 1 amide bonds. The van der Waals surface area contributed by atoms with Crippen LogP contribution in [0.5, 0.6) is 5.75 Å². The highest BCUT2D eigenvalue weighted by Crippen LogP contribution is 2.34. The molecule has 0 radical (unpaired) electrons. The second-order valence-electron chi connectivity index (χ2n) is 7.48. The van der Waals surface area contributed by atoms with Crippen LogP contribution in [0.2, 0.25) is 0 Å². The quantitative estimate of drug-likeness (QED) is 0.569. The third-order valence-electron chi connectivity index (χ3n) is 5.47. The maximum Gasteiger partial charge on any atom is 0.260 e. The number of piperazine rings is 1. The van der Waals surface area contributed by atoms with Crippen LogP contribution in [0.15, 0.2) is 48.6 Å². The van der Waals surface area contributed by atoms with Gasteiger partial charge in [0.15, 0.2) is 5.13 Å². The Hall–Kier alpha value is -3.43. The minimum Gasteiger partial charge on any atom is -0.508 e. The van der Waals surface area contributed by atoms with Gasteiger partial charge in [0.2, 0.25) is 0 Å². The molecule has 31 heavy (non-hydrogen) atoms. The number of pyridine rings is 1. The van der Waals surface area contributed by atoms with Crippen LogP contribution in [0.3, 0.4) is 0 Å². The van der Waals surface area contributed by atoms with E-state index in [4.69, 9.17) is 0 Å². The Morgan fingerprint density at radius 2 is 2.10 bits per heavy atom. The van der Waals surface area contributed by atoms with Gasteiger partial charge in [-0.1, -0.05) is 12.6 Å². The van der Waals surface area contributed by atoms with Gasteiger partial charge in [0.05, 0.1) is 35.5 Å². The maximum atomic E-state index is 12.8. The van der Waals surface area contributed by atoms with Gasteiger partial charge in [-0.2, -0.15) is 0 Å². The van der Waals surface area contributed by atoms with Crippen molar-refractivity contribution in [3.05, 3.63) is 65.4 Å². The third kappa shape index (κ3) is 3.73. The number of phenolic OH excluding ortho intramolecular Hbond substituents is 1. The van der Waals surface area contributed by atoms with E-state index in [9.17, 15) is 9.90 Å². The summed E-state index contributed by atoms with van der Waals surface area (Å²) in [7, 11) is 0. The number of fused-ring (bicyclic) bond motifs is 1. The highest BCUT2D eigenvalue weighted by atomic mass is 32.1. The van der Waals surface area contributed by atoms with Crippen LogP contribution < -0.4 is 20.4 Å². The molecule has 0 atom stereocenters. The number of benzene rings is 1. The van der Waals surface area contributed by atoms with Crippen molar-refractivity contribution in [2.75, 3.05) is 41.3 Å². The number of aromatic hydroxyl groups is 1. The first kappa shape index (κ1) is 19.5. The van der Waals surface area contributed by atoms with Gasteiger partial charge in [-0.3, -0.25) is 14.7 Å². The summed E-state index contributed by atoms with van der Waals surface area (Å²) in [6.07, 6.45) is 3.59. The Labute approximate surface area is 183 Å². The molecule has 0 bridgehead atoms. The SMILES string of the molecule is C=C(Nc1cnccc1N1CCNCC1)c1csc(N2Cc3ccc(O)cc3C2=O)n1. The lowest BCUT2D eigenvalue weighted by atomic mass is 10.1. The zero-order chi connectivity index (χ0) is 21.4. The van der Waals surface area contributed by atoms with Gasteiger partial charge >= 0.3 is 0 Å². The summed E-state index contributed by atoms with van der Waals surface area (Å²) in [5, 5.41) is 18.9. The van der Waals surface area contributed by atoms with Crippen molar-refractivity contribution in [3.8, 4) is 5.75 Å². The number of nitrogens with zero attached hydrogens (tertiary/aromatic N) is 4. The Kier molecular flexibility index (Phi) is 5.05. The molecule has 0 unspecified atom stereocenters. The predicted octanol–water partition coefficient (Wildman–Crippen LogP) is 2.90. The lowest BCUT2D eigenvalue weighted by molar-refractivity contribution is 0.0996. The average molecular weight is 435 g/mol. The van der Waals surface area contributed by atoms with E-state index in [2.05, 4.69) is 32.1 Å². The number of thiazole rings is 1. The fraction of sp³-hybridized carbons (Fsp3) is 0.227. The van der Waals surface area contributed by atoms with Gasteiger partial charge in [-0.15, -0.1) is 11.3 Å². The molecule has 8 nitrogen and oxygen atoms in total. The van der Waals surface area contributed by atoms with Crippen LogP contribution >= 0.6 is 11.3 Å². The predicted molar refractivity (Wildman–Crippen MR) is 123 cm³/mol. The summed E-state index contributed by atoms with van der Waals surface area (Å²) >= 11 is 1.39. The fourth-order valence-electron chi connectivity index (χ4n) is 3.86. The van der Waals surface area contributed by atoms with E-state index in [1.807, 2.05) is 11.4 Å². The van der Waals surface area contributed by atoms with E-state index in [0.717, 1.165) is 43.1 Å². The van der Waals surface area contributed by atoms with E-state index >= 15 is 0 Å². The van der Waals surface area contributed by atoms with Crippen LogP contribution in [-0.2, 0) is 6.54 Å². The molecule has 9 heteroatoms. The Balaban J connectivity index is 1.33. The number of nitrogens with one attached hydrogen (secondary N) is 2. The molecular weight excluding hydrogens is 412 g/mol. The molecule has 0 aliphatic carbocycles. The summed E-state index contributed by atoms with van der Waals surface area (Å²) < 4.78 is 0. The first-order valence-electron chi connectivity index (χ1n) is 10.1. The molecule has 4 heterocycles. The molecule has 5 rings (SSSR count). The van der Waals surface area contributed by atoms with Gasteiger partial charge < -0.3 is 20.6 Å². The van der Waals surface area contributed by atoms with Crippen molar-refractivity contribution in [3.63, 3.8) is 0 Å². The normalized spacial score (nSPS) is 15.8. The van der Waals surface area contributed by atoms with Crippen molar-refractivity contribution in [2.45, 2.75) is 6.54 Å². The summed E-state index contributed by atoms with van der Waals surface area (Å²) in [4.78, 5) is 25.6. The molecule has 0 spiro atoms. The van der Waals surface area contributed by atoms with E-state index in [1.54, 1.807) is 29.4 Å². The average Bonchev–Trinajstić information content (AvgIpc) is 3.40. The van der Waals surface area contributed by atoms with E-state index in [0.29, 0.717) is 28.6 Å². The molecule has 3 aromatic rings. The summed E-state index contributed by atoms with van der Waals surface area (Å²) in [6, 6.07) is 6.88. The number of hydrogen-bond acceptors (Lipinski definition) is 8. The highest BCUT2D eigenvalue weighted by molar-refractivity contribution is 7.14. The molecule has 1 fully saturated rings. The minimum atomic E-state index is -0.154. The van der Waals surface area contributed by atoms with Crippen molar-refractivity contribution >= 4 is 39.4 Å². The first-order chi connectivity index (χ1) is 15.1. The zero-order valence-corrected chi connectivity index (χ0v) is 17.7. The highest BCUT2D eigenvalue weighted by Gasteiger charge is 2.30. The summed E-state index contributed by atoms with van der Waals surface area (Å²) in [5.41, 5.74) is 4.69. The number of carbonyl (C=O) groups is 1. The van der Waals surface area contributed by atoms with Gasteiger partial charge in [-0.25, -0.2) is 4.98 Å². The lowest BCUT2D eigenvalue weighted by Gasteiger charge is -2.31. The van der Waals surface area contributed by atoms with Crippen molar-refractivity contribution in [2.24, 2.45) is 0 Å². The molecule has 0 saturated carbocycles. The lowest BCUT2D eigenvalue weighted by Crippen LogP contribution is -2.43. The van der Waals surface area contributed by atoms with Crippen LogP contribution in [0.4, 0.5) is 16.5 Å². The number of carbonyl (C=O) groups excluding carboxylic acids is 1. The topological polar surface area (TPSA) is 93.6 Å². The second-order valence-corrected chi connectivity index (χ2v) is 8.32. The van der Waals surface area contributed by atoms with Crippen molar-refractivity contribution in [1.29, 1.82) is 0 Å². The summed E-state index contributed by atoms with van der Waals surface area (Å²) in [6.45, 7) is 8.35. The van der Waals surface area contributed by atoms with Crippen LogP contribution in [0.25, 0.3) is 5.70 Å².